The van der Waals surface area contributed by atoms with Gasteiger partial charge in [-0.1, -0.05) is 12.1 Å². The molecular formula is C24H22N4O4. The summed E-state index contributed by atoms with van der Waals surface area (Å²) in [6.45, 7) is 2.12. The van der Waals surface area contributed by atoms with Gasteiger partial charge in [-0.05, 0) is 61.0 Å². The Bertz CT molecular complexity index is 1260. The van der Waals surface area contributed by atoms with Crippen LogP contribution in [0.3, 0.4) is 0 Å². The van der Waals surface area contributed by atoms with Crippen LogP contribution in [0.1, 0.15) is 21.6 Å². The fraction of sp³-hybridized carbons (Fsp3) is 0.125. The van der Waals surface area contributed by atoms with Crippen LogP contribution in [0.15, 0.2) is 73.1 Å². The van der Waals surface area contributed by atoms with Crippen molar-refractivity contribution in [2.45, 2.75) is 13.5 Å². The Balaban J connectivity index is 1.37. The molecule has 2 aromatic heterocycles. The summed E-state index contributed by atoms with van der Waals surface area (Å²) in [6, 6.07) is 17.6. The zero-order valence-corrected chi connectivity index (χ0v) is 17.4. The van der Waals surface area contributed by atoms with Crippen LogP contribution < -0.4 is 20.5 Å². The fourth-order valence-corrected chi connectivity index (χ4v) is 3.10. The molecule has 2 aromatic carbocycles. The number of amides is 2. The van der Waals surface area contributed by atoms with E-state index in [1.807, 2.05) is 35.9 Å². The van der Waals surface area contributed by atoms with Gasteiger partial charge in [-0.3, -0.25) is 9.59 Å². The fourth-order valence-electron chi connectivity index (χ4n) is 3.10. The molecule has 162 valence electrons. The van der Waals surface area contributed by atoms with E-state index >= 15 is 0 Å². The predicted octanol–water partition coefficient (Wildman–Crippen LogP) is 3.34. The van der Waals surface area contributed by atoms with Gasteiger partial charge in [0.1, 0.15) is 23.8 Å². The van der Waals surface area contributed by atoms with Crippen molar-refractivity contribution in [3.05, 3.63) is 89.9 Å². The van der Waals surface area contributed by atoms with Crippen molar-refractivity contribution in [1.82, 2.24) is 9.38 Å². The number of fused-ring (bicyclic) bond motifs is 1. The van der Waals surface area contributed by atoms with E-state index in [2.05, 4.69) is 10.3 Å². The number of pyridine rings is 1. The van der Waals surface area contributed by atoms with Crippen LogP contribution in [0.25, 0.3) is 5.65 Å². The van der Waals surface area contributed by atoms with E-state index in [4.69, 9.17) is 15.2 Å². The van der Waals surface area contributed by atoms with Crippen LogP contribution in [-0.4, -0.2) is 27.8 Å². The molecule has 0 radical (unpaired) electrons. The first-order valence-electron chi connectivity index (χ1n) is 9.96. The Labute approximate surface area is 184 Å². The number of carbonyl (C=O) groups excluding carboxylic acids is 2. The lowest BCUT2D eigenvalue weighted by atomic mass is 10.2. The zero-order chi connectivity index (χ0) is 22.5. The van der Waals surface area contributed by atoms with Crippen LogP contribution in [-0.2, 0) is 11.4 Å². The maximum Gasteiger partial charge on any atom is 0.255 e. The molecular weight excluding hydrogens is 408 g/mol. The van der Waals surface area contributed by atoms with Crippen LogP contribution in [0.5, 0.6) is 11.5 Å². The smallest absolute Gasteiger partial charge is 0.255 e. The molecule has 8 nitrogen and oxygen atoms in total. The topological polar surface area (TPSA) is 108 Å². The summed E-state index contributed by atoms with van der Waals surface area (Å²) in [7, 11) is 0. The number of aryl methyl sites for hydroxylation is 1. The van der Waals surface area contributed by atoms with Crippen molar-refractivity contribution in [2.75, 3.05) is 11.9 Å². The van der Waals surface area contributed by atoms with Gasteiger partial charge in [0.05, 0.1) is 5.69 Å². The second kappa shape index (κ2) is 9.22. The number of nitrogens with one attached hydrogen (secondary N) is 1. The number of nitrogens with zero attached hydrogens (tertiary/aromatic N) is 2. The number of rotatable bonds is 8. The number of nitrogens with two attached hydrogens (primary N) is 1. The average molecular weight is 430 g/mol. The van der Waals surface area contributed by atoms with Gasteiger partial charge in [0, 0.05) is 23.6 Å². The molecule has 32 heavy (non-hydrogen) atoms. The highest BCUT2D eigenvalue weighted by molar-refractivity contribution is 6.04. The lowest BCUT2D eigenvalue weighted by Gasteiger charge is -2.09. The molecule has 0 saturated carbocycles. The second-order valence-electron chi connectivity index (χ2n) is 7.25. The first-order valence-corrected chi connectivity index (χ1v) is 9.96. The Hall–Kier alpha value is -4.33. The van der Waals surface area contributed by atoms with Gasteiger partial charge >= 0.3 is 0 Å². The molecule has 8 heteroatoms. The van der Waals surface area contributed by atoms with E-state index in [1.54, 1.807) is 48.5 Å². The first kappa shape index (κ1) is 20.9. The Morgan fingerprint density at radius 2 is 1.81 bits per heavy atom. The third kappa shape index (κ3) is 5.23. The zero-order valence-electron chi connectivity index (χ0n) is 17.4. The number of aromatic nitrogens is 2. The molecule has 0 bridgehead atoms. The van der Waals surface area contributed by atoms with Gasteiger partial charge in [0.15, 0.2) is 6.61 Å². The van der Waals surface area contributed by atoms with Gasteiger partial charge in [0.25, 0.3) is 11.8 Å². The molecule has 4 rings (SSSR count). The van der Waals surface area contributed by atoms with Crippen LogP contribution in [0, 0.1) is 6.92 Å². The maximum absolute atomic E-state index is 12.6. The van der Waals surface area contributed by atoms with Crippen LogP contribution >= 0.6 is 0 Å². The van der Waals surface area contributed by atoms with E-state index in [-0.39, 0.29) is 12.5 Å². The summed E-state index contributed by atoms with van der Waals surface area (Å²) in [5.74, 6) is 0.227. The van der Waals surface area contributed by atoms with E-state index in [0.717, 1.165) is 16.9 Å². The highest BCUT2D eigenvalue weighted by atomic mass is 16.5. The standard InChI is InChI=1S/C24H22N4O4/c1-16-5-10-23-26-19(13-28(23)12-16)14-31-21-4-2-3-17(11-21)24(30)27-18-6-8-20(9-7-18)32-15-22(25)29/h2-13H,14-15H2,1H3,(H2,25,29)(H,27,30). The average Bonchev–Trinajstić information content (AvgIpc) is 3.19. The summed E-state index contributed by atoms with van der Waals surface area (Å²) < 4.78 is 13.0. The van der Waals surface area contributed by atoms with E-state index in [0.29, 0.717) is 29.4 Å². The number of imidazole rings is 1. The Morgan fingerprint density at radius 3 is 2.59 bits per heavy atom. The van der Waals surface area contributed by atoms with E-state index < -0.39 is 5.91 Å². The van der Waals surface area contributed by atoms with E-state index in [1.165, 1.54) is 0 Å². The predicted molar refractivity (Wildman–Crippen MR) is 120 cm³/mol. The molecule has 0 saturated heterocycles. The molecule has 0 aliphatic rings. The number of benzene rings is 2. The Morgan fingerprint density at radius 1 is 1.00 bits per heavy atom. The molecule has 0 aliphatic heterocycles. The highest BCUT2D eigenvalue weighted by Gasteiger charge is 2.09. The van der Waals surface area contributed by atoms with Crippen molar-refractivity contribution >= 4 is 23.1 Å². The van der Waals surface area contributed by atoms with E-state index in [9.17, 15) is 9.59 Å². The van der Waals surface area contributed by atoms with Crippen LogP contribution in [0.4, 0.5) is 5.69 Å². The molecule has 0 unspecified atom stereocenters. The van der Waals surface area contributed by atoms with Crippen LogP contribution in [0.2, 0.25) is 0 Å². The molecule has 2 amide bonds. The third-order valence-corrected chi connectivity index (χ3v) is 4.63. The minimum atomic E-state index is -0.555. The highest BCUT2D eigenvalue weighted by Crippen LogP contribution is 2.19. The number of anilines is 1. The van der Waals surface area contributed by atoms with Gasteiger partial charge < -0.3 is 24.9 Å². The summed E-state index contributed by atoms with van der Waals surface area (Å²) in [6.07, 6.45) is 3.93. The van der Waals surface area contributed by atoms with Gasteiger partial charge in [-0.25, -0.2) is 4.98 Å². The minimum Gasteiger partial charge on any atom is -0.487 e. The van der Waals surface area contributed by atoms with Gasteiger partial charge in [-0.15, -0.1) is 0 Å². The van der Waals surface area contributed by atoms with Crippen molar-refractivity contribution in [2.24, 2.45) is 5.73 Å². The monoisotopic (exact) mass is 430 g/mol. The number of hydrogen-bond donors (Lipinski definition) is 2. The summed E-state index contributed by atoms with van der Waals surface area (Å²) in [4.78, 5) is 27.9. The van der Waals surface area contributed by atoms with Crippen molar-refractivity contribution < 1.29 is 19.1 Å². The molecule has 0 aliphatic carbocycles. The first-order chi connectivity index (χ1) is 15.5. The molecule has 3 N–H and O–H groups in total. The molecule has 0 fully saturated rings. The molecule has 2 heterocycles. The SMILES string of the molecule is Cc1ccc2nc(COc3cccc(C(=O)Nc4ccc(OCC(N)=O)cc4)c3)cn2c1. The number of ether oxygens (including phenoxy) is 2. The Kier molecular flexibility index (Phi) is 6.03. The van der Waals surface area contributed by atoms with Crippen molar-refractivity contribution in [3.8, 4) is 11.5 Å². The normalized spacial score (nSPS) is 10.7. The lowest BCUT2D eigenvalue weighted by Crippen LogP contribution is -2.20. The second-order valence-corrected chi connectivity index (χ2v) is 7.25. The van der Waals surface area contributed by atoms with Gasteiger partial charge in [-0.2, -0.15) is 0 Å². The third-order valence-electron chi connectivity index (χ3n) is 4.63. The summed E-state index contributed by atoms with van der Waals surface area (Å²) in [5.41, 5.74) is 8.90. The van der Waals surface area contributed by atoms with Crippen molar-refractivity contribution in [1.29, 1.82) is 0 Å². The maximum atomic E-state index is 12.6. The number of primary amides is 1. The lowest BCUT2D eigenvalue weighted by molar-refractivity contribution is -0.119. The molecule has 0 spiro atoms. The number of carbonyl (C=O) groups is 2. The molecule has 4 aromatic rings. The quantitative estimate of drug-likeness (QED) is 0.446. The van der Waals surface area contributed by atoms with Crippen molar-refractivity contribution in [3.63, 3.8) is 0 Å². The minimum absolute atomic E-state index is 0.201. The van der Waals surface area contributed by atoms with Gasteiger partial charge in [0.2, 0.25) is 0 Å². The molecule has 0 atom stereocenters. The largest absolute Gasteiger partial charge is 0.487 e. The summed E-state index contributed by atoms with van der Waals surface area (Å²) >= 11 is 0. The summed E-state index contributed by atoms with van der Waals surface area (Å²) in [5, 5.41) is 2.82. The number of hydrogen-bond acceptors (Lipinski definition) is 5.